The molecule has 0 bridgehead atoms. The fourth-order valence-electron chi connectivity index (χ4n) is 4.32. The first-order valence-corrected chi connectivity index (χ1v) is 13.6. The summed E-state index contributed by atoms with van der Waals surface area (Å²) in [6.45, 7) is 6.91. The molecule has 0 aromatic heterocycles. The molecule has 2 N–H and O–H groups in total. The lowest BCUT2D eigenvalue weighted by Gasteiger charge is -2.33. The maximum atomic E-state index is 13.2. The molecular formula is C28H34N2O6S. The zero-order valence-electron chi connectivity index (χ0n) is 21.3. The molecule has 1 fully saturated rings. The van der Waals surface area contributed by atoms with Crippen LogP contribution in [-0.2, 0) is 19.4 Å². The van der Waals surface area contributed by atoms with Crippen LogP contribution in [0.15, 0.2) is 60.0 Å². The minimum absolute atomic E-state index is 0.0187. The number of carbonyl (C=O) groups is 2. The Morgan fingerprint density at radius 3 is 2.41 bits per heavy atom. The first-order valence-electron chi connectivity index (χ1n) is 12.2. The van der Waals surface area contributed by atoms with Crippen molar-refractivity contribution in [2.45, 2.75) is 35.8 Å². The fourth-order valence-corrected chi connectivity index (χ4v) is 6.23. The normalized spacial score (nSPS) is 15.3. The lowest BCUT2D eigenvalue weighted by molar-refractivity contribution is -0.122. The van der Waals surface area contributed by atoms with Gasteiger partial charge in [-0.3, -0.25) is 9.59 Å². The van der Waals surface area contributed by atoms with Crippen LogP contribution in [0.1, 0.15) is 47.7 Å². The highest BCUT2D eigenvalue weighted by atomic mass is 32.2. The Bertz CT molecular complexity index is 1260. The fraction of sp³-hybridized carbons (Fsp3) is 0.357. The molecular weight excluding hydrogens is 492 g/mol. The minimum atomic E-state index is -3.99. The molecule has 0 unspecified atom stereocenters. The third-order valence-corrected chi connectivity index (χ3v) is 9.08. The van der Waals surface area contributed by atoms with E-state index < -0.39 is 20.5 Å². The maximum absolute atomic E-state index is 13.2. The van der Waals surface area contributed by atoms with Crippen molar-refractivity contribution in [3.8, 4) is 5.75 Å². The lowest BCUT2D eigenvalue weighted by atomic mass is 9.98. The number of ether oxygens (including phenoxy) is 2. The van der Waals surface area contributed by atoms with E-state index in [0.29, 0.717) is 30.9 Å². The second kappa shape index (κ2) is 12.2. The Hall–Kier alpha value is -3.43. The molecule has 3 rings (SSSR count). The molecule has 2 aromatic rings. The average molecular weight is 527 g/mol. The number of sulfone groups is 1. The van der Waals surface area contributed by atoms with Crippen LogP contribution >= 0.6 is 0 Å². The molecule has 0 aliphatic carbocycles. The molecule has 1 saturated heterocycles. The van der Waals surface area contributed by atoms with E-state index in [1.807, 2.05) is 31.2 Å². The minimum Gasteiger partial charge on any atom is -0.494 e. The summed E-state index contributed by atoms with van der Waals surface area (Å²) in [5, 5.41) is 0. The van der Waals surface area contributed by atoms with E-state index in [4.69, 9.17) is 15.2 Å². The number of nitrogens with two attached hydrogens (primary N) is 1. The van der Waals surface area contributed by atoms with E-state index in [2.05, 4.69) is 6.58 Å². The summed E-state index contributed by atoms with van der Waals surface area (Å²) in [5.74, 6) is -0.464. The van der Waals surface area contributed by atoms with Crippen LogP contribution in [0.25, 0.3) is 12.2 Å². The summed E-state index contributed by atoms with van der Waals surface area (Å²) in [5.41, 5.74) is 8.00. The molecule has 2 aromatic carbocycles. The van der Waals surface area contributed by atoms with Gasteiger partial charge in [-0.1, -0.05) is 30.9 Å². The Labute approximate surface area is 218 Å². The smallest absolute Gasteiger partial charge is 0.253 e. The van der Waals surface area contributed by atoms with Gasteiger partial charge in [-0.2, -0.15) is 0 Å². The number of nitrogens with zero attached hydrogens (tertiary/aromatic N) is 1. The number of carbonyl (C=O) groups excluding carboxylic acids is 2. The Morgan fingerprint density at radius 2 is 1.81 bits per heavy atom. The molecule has 1 heterocycles. The van der Waals surface area contributed by atoms with Crippen LogP contribution in [0, 0.1) is 0 Å². The van der Waals surface area contributed by atoms with Crippen molar-refractivity contribution in [1.29, 1.82) is 0 Å². The van der Waals surface area contributed by atoms with Gasteiger partial charge < -0.3 is 20.1 Å². The number of hydrogen-bond acceptors (Lipinski definition) is 6. The molecule has 2 amide bonds. The van der Waals surface area contributed by atoms with Crippen molar-refractivity contribution in [1.82, 2.24) is 4.90 Å². The number of hydrogen-bond donors (Lipinski definition) is 1. The van der Waals surface area contributed by atoms with Crippen LogP contribution in [0.2, 0.25) is 0 Å². The number of amides is 2. The standard InChI is InChI=1S/C28H34N2O6S/c1-4-7-22-8-9-23(20-21(22)5-2)26(31)30(3)16-6-17-36-24-10-12-25(13-11-24)37(33,34)28(27(29)32)14-18-35-19-15-28/h4-5,7-13,20H,2,6,14-19H2,1,3H3,(H2,29,32)/b7-4-. The molecule has 0 spiro atoms. The van der Waals surface area contributed by atoms with Gasteiger partial charge in [0.25, 0.3) is 5.91 Å². The van der Waals surface area contributed by atoms with Gasteiger partial charge in [0.05, 0.1) is 11.5 Å². The Balaban J connectivity index is 1.56. The molecule has 1 aliphatic rings. The zero-order chi connectivity index (χ0) is 27.1. The molecule has 0 atom stereocenters. The van der Waals surface area contributed by atoms with Crippen molar-refractivity contribution >= 4 is 33.8 Å². The third kappa shape index (κ3) is 6.11. The van der Waals surface area contributed by atoms with Crippen molar-refractivity contribution in [2.24, 2.45) is 5.73 Å². The summed E-state index contributed by atoms with van der Waals surface area (Å²) in [7, 11) is -2.25. The van der Waals surface area contributed by atoms with Gasteiger partial charge in [-0.05, 0) is 73.7 Å². The zero-order valence-corrected chi connectivity index (χ0v) is 22.1. The first kappa shape index (κ1) is 28.1. The van der Waals surface area contributed by atoms with E-state index in [-0.39, 0.29) is 36.9 Å². The van der Waals surface area contributed by atoms with Crippen LogP contribution in [-0.4, -0.2) is 63.3 Å². The SMILES string of the molecule is C=Cc1cc(C(=O)N(C)CCCOc2ccc(S(=O)(=O)C3(C(N)=O)CCOCC3)cc2)ccc1/C=C\C. The summed E-state index contributed by atoms with van der Waals surface area (Å²) >= 11 is 0. The highest BCUT2D eigenvalue weighted by molar-refractivity contribution is 7.93. The van der Waals surface area contributed by atoms with Gasteiger partial charge in [0, 0.05) is 32.4 Å². The monoisotopic (exact) mass is 526 g/mol. The van der Waals surface area contributed by atoms with Gasteiger partial charge >= 0.3 is 0 Å². The Morgan fingerprint density at radius 1 is 1.14 bits per heavy atom. The van der Waals surface area contributed by atoms with Crippen LogP contribution in [0.4, 0.5) is 0 Å². The van der Waals surface area contributed by atoms with Gasteiger partial charge in [-0.15, -0.1) is 0 Å². The highest BCUT2D eigenvalue weighted by Crippen LogP contribution is 2.35. The van der Waals surface area contributed by atoms with E-state index in [9.17, 15) is 18.0 Å². The molecule has 198 valence electrons. The summed E-state index contributed by atoms with van der Waals surface area (Å²) in [6.07, 6.45) is 6.28. The second-order valence-corrected chi connectivity index (χ2v) is 11.2. The number of benzene rings is 2. The molecule has 0 radical (unpaired) electrons. The van der Waals surface area contributed by atoms with Crippen molar-refractivity contribution in [3.05, 3.63) is 71.8 Å². The van der Waals surface area contributed by atoms with Gasteiger partial charge in [0.1, 0.15) is 5.75 Å². The molecule has 8 nitrogen and oxygen atoms in total. The summed E-state index contributed by atoms with van der Waals surface area (Å²) < 4.78 is 35.8. The van der Waals surface area contributed by atoms with E-state index in [1.54, 1.807) is 36.2 Å². The Kier molecular flexibility index (Phi) is 9.29. The topological polar surface area (TPSA) is 116 Å². The molecule has 1 aliphatic heterocycles. The van der Waals surface area contributed by atoms with E-state index in [1.165, 1.54) is 12.1 Å². The van der Waals surface area contributed by atoms with Crippen LogP contribution < -0.4 is 10.5 Å². The van der Waals surface area contributed by atoms with Crippen LogP contribution in [0.5, 0.6) is 5.75 Å². The predicted octanol–water partition coefficient (Wildman–Crippen LogP) is 3.71. The van der Waals surface area contributed by atoms with Crippen molar-refractivity contribution in [3.63, 3.8) is 0 Å². The molecule has 9 heteroatoms. The predicted molar refractivity (Wildman–Crippen MR) is 144 cm³/mol. The number of rotatable bonds is 11. The third-order valence-electron chi connectivity index (χ3n) is 6.55. The summed E-state index contributed by atoms with van der Waals surface area (Å²) in [6, 6.07) is 11.5. The first-order chi connectivity index (χ1) is 17.7. The highest BCUT2D eigenvalue weighted by Gasteiger charge is 2.51. The van der Waals surface area contributed by atoms with E-state index >= 15 is 0 Å². The molecule has 0 saturated carbocycles. The largest absolute Gasteiger partial charge is 0.494 e. The van der Waals surface area contributed by atoms with E-state index in [0.717, 1.165) is 11.1 Å². The molecule has 37 heavy (non-hydrogen) atoms. The lowest BCUT2D eigenvalue weighted by Crippen LogP contribution is -2.53. The van der Waals surface area contributed by atoms with Crippen molar-refractivity contribution < 1.29 is 27.5 Å². The number of allylic oxidation sites excluding steroid dienone is 1. The average Bonchev–Trinajstić information content (AvgIpc) is 2.91. The van der Waals surface area contributed by atoms with Crippen LogP contribution in [0.3, 0.4) is 0 Å². The van der Waals surface area contributed by atoms with Gasteiger partial charge in [0.2, 0.25) is 5.91 Å². The van der Waals surface area contributed by atoms with Gasteiger partial charge in [-0.25, -0.2) is 8.42 Å². The second-order valence-electron chi connectivity index (χ2n) is 8.92. The van der Waals surface area contributed by atoms with Gasteiger partial charge in [0.15, 0.2) is 14.6 Å². The van der Waals surface area contributed by atoms with Crippen molar-refractivity contribution in [2.75, 3.05) is 33.4 Å². The maximum Gasteiger partial charge on any atom is 0.253 e. The quantitative estimate of drug-likeness (QED) is 0.446. The summed E-state index contributed by atoms with van der Waals surface area (Å²) in [4.78, 5) is 26.6. The number of primary amides is 1.